The van der Waals surface area contributed by atoms with Gasteiger partial charge in [0.1, 0.15) is 11.9 Å². The normalized spacial score (nSPS) is 14.8. The van der Waals surface area contributed by atoms with Gasteiger partial charge in [0.2, 0.25) is 11.6 Å². The summed E-state index contributed by atoms with van der Waals surface area (Å²) in [5.74, 6) is 1.29. The van der Waals surface area contributed by atoms with Crippen molar-refractivity contribution in [2.75, 3.05) is 33.4 Å². The summed E-state index contributed by atoms with van der Waals surface area (Å²) in [6.07, 6.45) is 4.97. The summed E-state index contributed by atoms with van der Waals surface area (Å²) in [6.45, 7) is 18.1. The van der Waals surface area contributed by atoms with Crippen LogP contribution in [0.4, 0.5) is 5.69 Å². The van der Waals surface area contributed by atoms with Gasteiger partial charge in [-0.05, 0) is 96.0 Å². The Bertz CT molecular complexity index is 2090. The monoisotopic (exact) mass is 670 g/mol. The van der Waals surface area contributed by atoms with Crippen molar-refractivity contribution in [3.8, 4) is 28.3 Å². The fourth-order valence-electron chi connectivity index (χ4n) is 6.79. The molecule has 1 aliphatic heterocycles. The van der Waals surface area contributed by atoms with Gasteiger partial charge < -0.3 is 24.3 Å². The lowest BCUT2D eigenvalue weighted by molar-refractivity contribution is -0.132. The van der Waals surface area contributed by atoms with E-state index in [2.05, 4.69) is 84.4 Å². The number of rotatable bonds is 13. The van der Waals surface area contributed by atoms with Crippen LogP contribution in [0.25, 0.3) is 50.7 Å². The van der Waals surface area contributed by atoms with Crippen LogP contribution in [-0.2, 0) is 22.6 Å². The average molecular weight is 671 g/mol. The van der Waals surface area contributed by atoms with Crippen LogP contribution in [-0.4, -0.2) is 60.9 Å². The second kappa shape index (κ2) is 15.5. The molecule has 50 heavy (non-hydrogen) atoms. The van der Waals surface area contributed by atoms with Crippen LogP contribution in [0.1, 0.15) is 45.4 Å². The quantitative estimate of drug-likeness (QED) is 0.0571. The number of nitrogens with one attached hydrogen (secondary N) is 1. The van der Waals surface area contributed by atoms with Crippen molar-refractivity contribution in [2.45, 2.75) is 46.4 Å². The van der Waals surface area contributed by atoms with Gasteiger partial charge in [-0.2, -0.15) is 0 Å². The minimum absolute atomic E-state index is 0.0919. The minimum atomic E-state index is -0.0945. The number of ether oxygens (including phenoxy) is 2. The van der Waals surface area contributed by atoms with Crippen molar-refractivity contribution in [3.05, 3.63) is 111 Å². The molecule has 1 aliphatic rings. The van der Waals surface area contributed by atoms with E-state index in [1.165, 1.54) is 0 Å². The smallest absolute Gasteiger partial charge is 0.293 e. The van der Waals surface area contributed by atoms with E-state index in [1.54, 1.807) is 7.11 Å². The standard InChI is InChI=1S/C41H42N4O5/c1-26-18-32(22-43-15-17-46)39(48-5)21-31(26)13-12-30-8-6-9-34(27(30)2)35-10-7-11-36(28(35)3)41-44-38-20-29(19-37(42-4)40(38)50-41)23-45-16-14-33(24-45)49-25-47/h6-13,18-21,25,33,43,46H,14-17,22-24H2,1-3,5H3/b13-12+/t33-/m1/s1. The Morgan fingerprint density at radius 2 is 1.80 bits per heavy atom. The first-order valence-corrected chi connectivity index (χ1v) is 16.8. The highest BCUT2D eigenvalue weighted by Crippen LogP contribution is 2.38. The molecule has 1 aromatic heterocycles. The number of nitrogens with zero attached hydrogens (tertiary/aromatic N) is 3. The van der Waals surface area contributed by atoms with Gasteiger partial charge in [-0.3, -0.25) is 9.69 Å². The molecule has 0 saturated carbocycles. The lowest BCUT2D eigenvalue weighted by Gasteiger charge is -2.15. The highest BCUT2D eigenvalue weighted by molar-refractivity contribution is 5.90. The Morgan fingerprint density at radius 3 is 2.56 bits per heavy atom. The number of aliphatic hydroxyl groups is 1. The maximum absolute atomic E-state index is 10.8. The lowest BCUT2D eigenvalue weighted by atomic mass is 9.91. The topological polar surface area (TPSA) is 101 Å². The van der Waals surface area contributed by atoms with Crippen LogP contribution >= 0.6 is 0 Å². The Labute approximate surface area is 293 Å². The molecule has 0 unspecified atom stereocenters. The summed E-state index contributed by atoms with van der Waals surface area (Å²) in [6, 6.07) is 20.5. The summed E-state index contributed by atoms with van der Waals surface area (Å²) in [4.78, 5) is 21.6. The van der Waals surface area contributed by atoms with Crippen LogP contribution in [0, 0.1) is 27.3 Å². The maximum atomic E-state index is 10.8. The molecule has 1 saturated heterocycles. The molecule has 256 valence electrons. The van der Waals surface area contributed by atoms with E-state index in [4.69, 9.17) is 30.6 Å². The van der Waals surface area contributed by atoms with Crippen LogP contribution in [0.2, 0.25) is 0 Å². The zero-order valence-electron chi connectivity index (χ0n) is 29.0. The van der Waals surface area contributed by atoms with E-state index in [-0.39, 0.29) is 12.7 Å². The Hall–Kier alpha value is -5.27. The zero-order chi connectivity index (χ0) is 35.2. The van der Waals surface area contributed by atoms with E-state index in [9.17, 15) is 4.79 Å². The number of oxazole rings is 1. The SMILES string of the molecule is [C-]#[N+]c1cc(CN2CC[C@@H](OC=O)C2)cc2nc(-c3cccc(-c4cccc(/C=C/c5cc(OC)c(CNCCO)cc5C)c4C)c3C)oc12. The fourth-order valence-corrected chi connectivity index (χ4v) is 6.79. The number of benzene rings is 4. The van der Waals surface area contributed by atoms with Crippen molar-refractivity contribution in [2.24, 2.45) is 0 Å². The summed E-state index contributed by atoms with van der Waals surface area (Å²) in [5.41, 5.74) is 12.2. The second-order valence-corrected chi connectivity index (χ2v) is 12.7. The molecular weight excluding hydrogens is 628 g/mol. The molecule has 9 nitrogen and oxygen atoms in total. The number of likely N-dealkylation sites (tertiary alicyclic amines) is 1. The number of hydrogen-bond acceptors (Lipinski definition) is 8. The molecule has 2 N–H and O–H groups in total. The molecule has 0 amide bonds. The molecule has 0 radical (unpaired) electrons. The number of carbonyl (C=O) groups is 1. The number of fused-ring (bicyclic) bond motifs is 1. The molecular formula is C41H42N4O5. The van der Waals surface area contributed by atoms with Crippen molar-refractivity contribution < 1.29 is 23.8 Å². The summed E-state index contributed by atoms with van der Waals surface area (Å²) in [7, 11) is 1.68. The van der Waals surface area contributed by atoms with E-state index in [0.717, 1.165) is 74.3 Å². The number of hydrogen-bond donors (Lipinski definition) is 2. The Kier molecular flexibility index (Phi) is 10.7. The van der Waals surface area contributed by atoms with Crippen molar-refractivity contribution >= 4 is 35.4 Å². The predicted molar refractivity (Wildman–Crippen MR) is 197 cm³/mol. The zero-order valence-corrected chi connectivity index (χ0v) is 29.0. The predicted octanol–water partition coefficient (Wildman–Crippen LogP) is 7.65. The van der Waals surface area contributed by atoms with E-state index >= 15 is 0 Å². The van der Waals surface area contributed by atoms with Crippen molar-refractivity contribution in [1.82, 2.24) is 15.2 Å². The first kappa shape index (κ1) is 34.6. The van der Waals surface area contributed by atoms with E-state index in [0.29, 0.717) is 55.3 Å². The van der Waals surface area contributed by atoms with Crippen molar-refractivity contribution in [3.63, 3.8) is 0 Å². The van der Waals surface area contributed by atoms with Gasteiger partial charge in [0.05, 0.1) is 25.8 Å². The lowest BCUT2D eigenvalue weighted by Crippen LogP contribution is -2.22. The van der Waals surface area contributed by atoms with Gasteiger partial charge in [-0.1, -0.05) is 48.6 Å². The van der Waals surface area contributed by atoms with E-state index < -0.39 is 0 Å². The van der Waals surface area contributed by atoms with Crippen LogP contribution in [0.15, 0.2) is 65.1 Å². The van der Waals surface area contributed by atoms with Gasteiger partial charge in [0.25, 0.3) is 6.47 Å². The molecule has 0 aliphatic carbocycles. The molecule has 2 heterocycles. The van der Waals surface area contributed by atoms with Gasteiger partial charge >= 0.3 is 0 Å². The van der Waals surface area contributed by atoms with Crippen LogP contribution in [0.3, 0.4) is 0 Å². The second-order valence-electron chi connectivity index (χ2n) is 12.7. The number of aromatic nitrogens is 1. The first-order valence-electron chi connectivity index (χ1n) is 16.8. The van der Waals surface area contributed by atoms with Gasteiger partial charge in [0, 0.05) is 43.9 Å². The summed E-state index contributed by atoms with van der Waals surface area (Å²) < 4.78 is 17.1. The van der Waals surface area contributed by atoms with Gasteiger partial charge in [-0.15, -0.1) is 0 Å². The summed E-state index contributed by atoms with van der Waals surface area (Å²) >= 11 is 0. The fraction of sp³-hybridized carbons (Fsp3) is 0.293. The highest BCUT2D eigenvalue weighted by atomic mass is 16.5. The maximum Gasteiger partial charge on any atom is 0.293 e. The minimum Gasteiger partial charge on any atom is -0.496 e. The molecule has 5 aromatic rings. The Morgan fingerprint density at radius 1 is 1.04 bits per heavy atom. The van der Waals surface area contributed by atoms with Crippen LogP contribution < -0.4 is 10.1 Å². The van der Waals surface area contributed by atoms with Gasteiger partial charge in [0.15, 0.2) is 5.58 Å². The number of aryl methyl sites for hydroxylation is 1. The van der Waals surface area contributed by atoms with Crippen LogP contribution in [0.5, 0.6) is 5.75 Å². The summed E-state index contributed by atoms with van der Waals surface area (Å²) in [5, 5.41) is 12.3. The number of carbonyl (C=O) groups excluding carboxylic acids is 1. The van der Waals surface area contributed by atoms with Crippen molar-refractivity contribution in [1.29, 1.82) is 0 Å². The molecule has 6 rings (SSSR count). The van der Waals surface area contributed by atoms with Gasteiger partial charge in [-0.25, -0.2) is 9.83 Å². The Balaban J connectivity index is 1.28. The highest BCUT2D eigenvalue weighted by Gasteiger charge is 2.24. The first-order chi connectivity index (χ1) is 24.3. The number of aliphatic hydroxyl groups excluding tert-OH is 1. The molecule has 4 aromatic carbocycles. The third kappa shape index (κ3) is 7.33. The largest absolute Gasteiger partial charge is 0.496 e. The molecule has 0 spiro atoms. The third-order valence-corrected chi connectivity index (χ3v) is 9.48. The third-order valence-electron chi connectivity index (χ3n) is 9.48. The molecule has 9 heteroatoms. The number of methoxy groups -OCH3 is 1. The average Bonchev–Trinajstić information content (AvgIpc) is 3.75. The van der Waals surface area contributed by atoms with E-state index in [1.807, 2.05) is 24.3 Å². The molecule has 1 fully saturated rings. The molecule has 1 atom stereocenters. The molecule has 0 bridgehead atoms.